The van der Waals surface area contributed by atoms with Gasteiger partial charge in [0.1, 0.15) is 0 Å². The van der Waals surface area contributed by atoms with E-state index in [0.717, 1.165) is 12.8 Å². The van der Waals surface area contributed by atoms with Crippen molar-refractivity contribution in [3.8, 4) is 0 Å². The fraction of sp³-hybridized carbons (Fsp3) is 1.00. The molecule has 4 heteroatoms. The summed E-state index contributed by atoms with van der Waals surface area (Å²) < 4.78 is 5.49. The molecule has 0 aromatic rings. The summed E-state index contributed by atoms with van der Waals surface area (Å²) in [5, 5.41) is 28.0. The third-order valence-electron chi connectivity index (χ3n) is 3.74. The average molecular weight is 216 g/mol. The van der Waals surface area contributed by atoms with E-state index in [9.17, 15) is 10.2 Å². The fourth-order valence-corrected chi connectivity index (χ4v) is 2.96. The van der Waals surface area contributed by atoms with Gasteiger partial charge >= 0.3 is 0 Å². The Labute approximate surface area is 89.9 Å². The van der Waals surface area contributed by atoms with Crippen LogP contribution >= 0.6 is 0 Å². The van der Waals surface area contributed by atoms with Crippen LogP contribution in [0.4, 0.5) is 0 Å². The Morgan fingerprint density at radius 1 is 1.27 bits per heavy atom. The highest BCUT2D eigenvalue weighted by atomic mass is 16.6. The van der Waals surface area contributed by atoms with E-state index in [-0.39, 0.29) is 18.6 Å². The largest absolute Gasteiger partial charge is 0.394 e. The van der Waals surface area contributed by atoms with E-state index >= 15 is 0 Å². The lowest BCUT2D eigenvalue weighted by atomic mass is 9.78. The predicted molar refractivity (Wildman–Crippen MR) is 54.0 cm³/mol. The van der Waals surface area contributed by atoms with Crippen molar-refractivity contribution >= 4 is 0 Å². The van der Waals surface area contributed by atoms with Gasteiger partial charge in [0.15, 0.2) is 6.29 Å². The third-order valence-corrected chi connectivity index (χ3v) is 3.74. The summed E-state index contributed by atoms with van der Waals surface area (Å²) >= 11 is 0. The van der Waals surface area contributed by atoms with Crippen LogP contribution in [0.2, 0.25) is 0 Å². The number of ether oxygens (including phenoxy) is 1. The molecule has 2 aliphatic rings. The summed E-state index contributed by atoms with van der Waals surface area (Å²) in [6.07, 6.45) is 3.58. The minimum Gasteiger partial charge on any atom is -0.394 e. The summed E-state index contributed by atoms with van der Waals surface area (Å²) in [5.41, 5.74) is 0. The van der Waals surface area contributed by atoms with Crippen LogP contribution in [0, 0.1) is 11.8 Å². The van der Waals surface area contributed by atoms with Crippen molar-refractivity contribution in [3.05, 3.63) is 0 Å². The van der Waals surface area contributed by atoms with Crippen molar-refractivity contribution in [2.75, 3.05) is 6.61 Å². The Balaban J connectivity index is 1.96. The molecule has 0 spiro atoms. The van der Waals surface area contributed by atoms with Crippen LogP contribution in [0.5, 0.6) is 0 Å². The lowest BCUT2D eigenvalue weighted by Crippen LogP contribution is -2.29. The van der Waals surface area contributed by atoms with Crippen LogP contribution in [0.3, 0.4) is 0 Å². The van der Waals surface area contributed by atoms with E-state index in [4.69, 9.17) is 9.84 Å². The van der Waals surface area contributed by atoms with Gasteiger partial charge in [-0.2, -0.15) is 0 Å². The zero-order chi connectivity index (χ0) is 10.8. The Bertz CT molecular complexity index is 209. The van der Waals surface area contributed by atoms with Gasteiger partial charge in [0.25, 0.3) is 0 Å². The van der Waals surface area contributed by atoms with Crippen LogP contribution in [-0.4, -0.2) is 40.4 Å². The van der Waals surface area contributed by atoms with Gasteiger partial charge in [-0.25, -0.2) is 0 Å². The molecule has 1 heterocycles. The first-order valence-electron chi connectivity index (χ1n) is 5.85. The third kappa shape index (κ3) is 2.33. The number of aliphatic hydroxyl groups is 3. The lowest BCUT2D eigenvalue weighted by molar-refractivity contribution is -0.115. The Kier molecular flexibility index (Phi) is 3.61. The van der Waals surface area contributed by atoms with E-state index in [1.807, 2.05) is 0 Å². The molecule has 1 saturated carbocycles. The topological polar surface area (TPSA) is 69.9 Å². The number of aliphatic hydroxyl groups excluding tert-OH is 3. The minimum absolute atomic E-state index is 0.00236. The van der Waals surface area contributed by atoms with Crippen molar-refractivity contribution in [2.45, 2.75) is 50.6 Å². The van der Waals surface area contributed by atoms with Crippen LogP contribution in [0.25, 0.3) is 0 Å². The Morgan fingerprint density at radius 3 is 2.73 bits per heavy atom. The van der Waals surface area contributed by atoms with Gasteiger partial charge in [-0.1, -0.05) is 12.8 Å². The molecule has 0 aromatic carbocycles. The first kappa shape index (κ1) is 11.3. The smallest absolute Gasteiger partial charge is 0.158 e. The van der Waals surface area contributed by atoms with Gasteiger partial charge in [-0.15, -0.1) is 0 Å². The zero-order valence-corrected chi connectivity index (χ0v) is 8.88. The molecule has 5 unspecified atom stereocenters. The van der Waals surface area contributed by atoms with Gasteiger partial charge in [-0.05, 0) is 25.2 Å². The first-order valence-corrected chi connectivity index (χ1v) is 5.85. The van der Waals surface area contributed by atoms with Gasteiger partial charge in [0.05, 0.1) is 18.8 Å². The highest BCUT2D eigenvalue weighted by Crippen LogP contribution is 2.42. The van der Waals surface area contributed by atoms with Crippen LogP contribution < -0.4 is 0 Å². The fourth-order valence-electron chi connectivity index (χ4n) is 2.96. The zero-order valence-electron chi connectivity index (χ0n) is 8.88. The number of hydrogen-bond acceptors (Lipinski definition) is 4. The molecule has 2 rings (SSSR count). The van der Waals surface area contributed by atoms with E-state index in [0.29, 0.717) is 12.3 Å². The molecule has 88 valence electrons. The minimum atomic E-state index is -0.751. The van der Waals surface area contributed by atoms with Crippen LogP contribution in [0.1, 0.15) is 32.1 Å². The van der Waals surface area contributed by atoms with E-state index < -0.39 is 12.4 Å². The van der Waals surface area contributed by atoms with Crippen LogP contribution in [-0.2, 0) is 4.74 Å². The second-order valence-electron chi connectivity index (χ2n) is 4.75. The number of rotatable bonds is 3. The normalized spacial score (nSPS) is 42.6. The van der Waals surface area contributed by atoms with Gasteiger partial charge in [0, 0.05) is 5.92 Å². The molecule has 3 N–H and O–H groups in total. The molecule has 1 aliphatic carbocycles. The monoisotopic (exact) mass is 216 g/mol. The van der Waals surface area contributed by atoms with Crippen molar-refractivity contribution in [2.24, 2.45) is 11.8 Å². The maximum absolute atomic E-state index is 9.75. The summed E-state index contributed by atoms with van der Waals surface area (Å²) in [7, 11) is 0. The summed E-state index contributed by atoms with van der Waals surface area (Å²) in [6, 6.07) is 0. The van der Waals surface area contributed by atoms with Gasteiger partial charge in [0.2, 0.25) is 0 Å². The maximum Gasteiger partial charge on any atom is 0.158 e. The Hall–Kier alpha value is -0.160. The molecule has 1 aliphatic heterocycles. The predicted octanol–water partition coefficient (Wildman–Crippen LogP) is 0.253. The SMILES string of the molecule is OCC(O)CC1C(O)OC2CCCCC21. The molecule has 0 radical (unpaired) electrons. The molecule has 0 bridgehead atoms. The van der Waals surface area contributed by atoms with Gasteiger partial charge < -0.3 is 20.1 Å². The van der Waals surface area contributed by atoms with Crippen molar-refractivity contribution < 1.29 is 20.1 Å². The van der Waals surface area contributed by atoms with Crippen molar-refractivity contribution in [3.63, 3.8) is 0 Å². The lowest BCUT2D eigenvalue weighted by Gasteiger charge is -2.27. The second-order valence-corrected chi connectivity index (χ2v) is 4.75. The van der Waals surface area contributed by atoms with Crippen molar-refractivity contribution in [1.82, 2.24) is 0 Å². The number of fused-ring (bicyclic) bond motifs is 1. The molecule has 2 fully saturated rings. The maximum atomic E-state index is 9.75. The van der Waals surface area contributed by atoms with Gasteiger partial charge in [-0.3, -0.25) is 0 Å². The van der Waals surface area contributed by atoms with Crippen LogP contribution in [0.15, 0.2) is 0 Å². The summed E-state index contributed by atoms with van der Waals surface area (Å²) in [4.78, 5) is 0. The number of hydrogen-bond donors (Lipinski definition) is 3. The highest BCUT2D eigenvalue weighted by molar-refractivity contribution is 4.89. The molecule has 4 nitrogen and oxygen atoms in total. The molecule has 15 heavy (non-hydrogen) atoms. The summed E-state index contributed by atoms with van der Waals surface area (Å²) in [5.74, 6) is 0.368. The average Bonchev–Trinajstić information content (AvgIpc) is 2.55. The highest BCUT2D eigenvalue weighted by Gasteiger charge is 2.44. The molecule has 0 amide bonds. The second kappa shape index (κ2) is 4.78. The molecular weight excluding hydrogens is 196 g/mol. The molecular formula is C11H20O4. The molecule has 0 aromatic heterocycles. The molecule has 5 atom stereocenters. The molecule has 1 saturated heterocycles. The van der Waals surface area contributed by atoms with E-state index in [2.05, 4.69) is 0 Å². The quantitative estimate of drug-likeness (QED) is 0.632. The Morgan fingerprint density at radius 2 is 2.00 bits per heavy atom. The van der Waals surface area contributed by atoms with E-state index in [1.54, 1.807) is 0 Å². The van der Waals surface area contributed by atoms with E-state index in [1.165, 1.54) is 12.8 Å². The van der Waals surface area contributed by atoms with Crippen molar-refractivity contribution in [1.29, 1.82) is 0 Å². The first-order chi connectivity index (χ1) is 7.22. The summed E-state index contributed by atoms with van der Waals surface area (Å²) in [6.45, 7) is -0.236. The standard InChI is InChI=1S/C11H20O4/c12-6-7(13)5-9-8-3-1-2-4-10(8)15-11(9)14/h7-14H,1-6H2.